The molecule has 0 aliphatic carbocycles. The quantitative estimate of drug-likeness (QED) is 0.174. The maximum Gasteiger partial charge on any atom is 0.227 e. The van der Waals surface area contributed by atoms with Crippen LogP contribution in [0, 0.1) is 11.3 Å². The van der Waals surface area contributed by atoms with Crippen molar-refractivity contribution in [3.63, 3.8) is 0 Å². The first-order chi connectivity index (χ1) is 26.6. The number of oxazole rings is 2. The highest BCUT2D eigenvalue weighted by molar-refractivity contribution is 6.00. The van der Waals surface area contributed by atoms with Gasteiger partial charge in [-0.15, -0.1) is 0 Å². The molecule has 248 valence electrons. The molecule has 2 heterocycles. The van der Waals surface area contributed by atoms with E-state index in [9.17, 15) is 6.63 Å². The van der Waals surface area contributed by atoms with E-state index in [1.807, 2.05) is 121 Å². The van der Waals surface area contributed by atoms with E-state index >= 15 is 0 Å². The van der Waals surface area contributed by atoms with E-state index in [0.29, 0.717) is 23.4 Å². The molecule has 0 fully saturated rings. The summed E-state index contributed by atoms with van der Waals surface area (Å²) in [6.07, 6.45) is 0. The number of fused-ring (bicyclic) bond motifs is 4. The second-order valence-electron chi connectivity index (χ2n) is 12.9. The van der Waals surface area contributed by atoms with Crippen molar-refractivity contribution in [3.05, 3.63) is 175 Å². The number of nitrogens with zero attached hydrogens (tertiary/aromatic N) is 4. The fourth-order valence-electron chi connectivity index (χ4n) is 7.00. The normalized spacial score (nSPS) is 11.6. The van der Waals surface area contributed by atoms with E-state index in [2.05, 4.69) is 53.4 Å². The van der Waals surface area contributed by atoms with Crippen molar-refractivity contribution in [2.24, 2.45) is 0 Å². The molecule has 0 spiro atoms. The molecule has 0 unspecified atom stereocenters. The van der Waals surface area contributed by atoms with Crippen LogP contribution in [0.3, 0.4) is 0 Å². The Balaban J connectivity index is 1.07. The van der Waals surface area contributed by atoms with Gasteiger partial charge in [0.1, 0.15) is 11.0 Å². The molecule has 53 heavy (non-hydrogen) atoms. The number of anilines is 3. The lowest BCUT2D eigenvalue weighted by Crippen LogP contribution is -2.09. The number of benzene rings is 8. The minimum absolute atomic E-state index is 0.413. The van der Waals surface area contributed by atoms with Crippen molar-refractivity contribution < 1.29 is 10.2 Å². The summed E-state index contributed by atoms with van der Waals surface area (Å²) in [4.78, 5) is 11.6. The Morgan fingerprint density at radius 3 is 1.68 bits per heavy atom. The van der Waals surface area contributed by atoms with Crippen LogP contribution in [0.5, 0.6) is 0 Å². The lowest BCUT2D eigenvalue weighted by atomic mass is 9.94. The van der Waals surface area contributed by atoms with Crippen LogP contribution in [0.4, 0.5) is 17.1 Å². The number of para-hydroxylation sites is 4. The summed E-state index contributed by atoms with van der Waals surface area (Å²) in [6, 6.07) is 56.6. The van der Waals surface area contributed by atoms with Crippen molar-refractivity contribution in [1.29, 1.82) is 5.26 Å². The largest absolute Gasteiger partial charge is 0.436 e. The van der Waals surface area contributed by atoms with E-state index in [-0.39, 0.29) is 0 Å². The lowest BCUT2D eigenvalue weighted by Gasteiger charge is -2.26. The molecule has 6 heteroatoms. The first-order valence-electron chi connectivity index (χ1n) is 17.8. The molecule has 0 radical (unpaired) electrons. The van der Waals surface area contributed by atoms with Gasteiger partial charge in [0.15, 0.2) is 11.2 Å². The molecule has 6 nitrogen and oxygen atoms in total. The number of nitriles is 1. The van der Waals surface area contributed by atoms with Gasteiger partial charge in [-0.2, -0.15) is 5.26 Å². The zero-order chi connectivity index (χ0) is 36.2. The van der Waals surface area contributed by atoms with Crippen molar-refractivity contribution in [2.45, 2.75) is 0 Å². The van der Waals surface area contributed by atoms with Crippen LogP contribution >= 0.6 is 0 Å². The van der Waals surface area contributed by atoms with E-state index in [4.69, 9.17) is 18.8 Å². The smallest absolute Gasteiger partial charge is 0.227 e. The third-order valence-corrected chi connectivity index (χ3v) is 9.61. The van der Waals surface area contributed by atoms with Gasteiger partial charge in [-0.1, -0.05) is 66.7 Å². The van der Waals surface area contributed by atoms with Crippen molar-refractivity contribution in [2.75, 3.05) is 4.90 Å². The Labute approximate surface area is 305 Å². The number of rotatable bonds is 6. The summed E-state index contributed by atoms with van der Waals surface area (Å²) in [5.74, 6) is 1.13. The van der Waals surface area contributed by atoms with Crippen LogP contribution in [0.1, 0.15) is 6.93 Å². The van der Waals surface area contributed by atoms with Gasteiger partial charge in [0.25, 0.3) is 0 Å². The standard InChI is InChI=1S/C47H28N4O2/c48-29-30-25-35-7-1-2-8-40(35)41(26-30)36-14-13-34-28-39(24-19-33(34)27-36)51(37-20-15-31(16-21-37)46-49-42-9-3-5-11-44(42)52-46)38-22-17-32(18-23-38)47-50-43-10-4-6-12-45(43)53-47/h1-28H/i27D. The van der Waals surface area contributed by atoms with E-state index in [1.165, 1.54) is 0 Å². The highest BCUT2D eigenvalue weighted by Crippen LogP contribution is 2.39. The Kier molecular flexibility index (Phi) is 6.83. The van der Waals surface area contributed by atoms with Crippen LogP contribution in [0.15, 0.2) is 179 Å². The number of aromatic nitrogens is 2. The SMILES string of the molecule is [2H]c1c(-c2cc(C#N)cc3ccccc23)ccc2cc(N(c3ccc(-c4nc5ccccc5o4)cc3)c3ccc(-c4nc5ccccc5o4)cc3)ccc12. The maximum absolute atomic E-state index is 9.77. The topological polar surface area (TPSA) is 79.1 Å². The fraction of sp³-hybridized carbons (Fsp3) is 0. The predicted molar refractivity (Wildman–Crippen MR) is 212 cm³/mol. The molecular formula is C47H28N4O2. The second kappa shape index (κ2) is 12.4. The molecular weight excluding hydrogens is 653 g/mol. The zero-order valence-corrected chi connectivity index (χ0v) is 28.2. The van der Waals surface area contributed by atoms with Crippen LogP contribution in [-0.2, 0) is 0 Å². The molecule has 10 rings (SSSR count). The third-order valence-electron chi connectivity index (χ3n) is 9.61. The van der Waals surface area contributed by atoms with Gasteiger partial charge in [0.2, 0.25) is 11.8 Å². The van der Waals surface area contributed by atoms with Gasteiger partial charge in [0.05, 0.1) is 13.0 Å². The summed E-state index contributed by atoms with van der Waals surface area (Å²) in [7, 11) is 0. The predicted octanol–water partition coefficient (Wildman–Crippen LogP) is 12.6. The molecule has 0 saturated carbocycles. The average Bonchev–Trinajstić information content (AvgIpc) is 3.87. The first kappa shape index (κ1) is 29.3. The molecule has 0 N–H and O–H groups in total. The van der Waals surface area contributed by atoms with Crippen LogP contribution in [-0.4, -0.2) is 9.97 Å². The molecule has 0 bridgehead atoms. The van der Waals surface area contributed by atoms with Gasteiger partial charge in [-0.05, 0) is 136 Å². The van der Waals surface area contributed by atoms with Crippen LogP contribution in [0.2, 0.25) is 0 Å². The number of hydrogen-bond donors (Lipinski definition) is 0. The monoisotopic (exact) mass is 681 g/mol. The molecule has 10 aromatic rings. The summed E-state index contributed by atoms with van der Waals surface area (Å²) in [5.41, 5.74) is 9.90. The van der Waals surface area contributed by atoms with Crippen LogP contribution in [0.25, 0.3) is 77.8 Å². The number of hydrogen-bond acceptors (Lipinski definition) is 6. The molecule has 2 aromatic heterocycles. The van der Waals surface area contributed by atoms with E-state index in [0.717, 1.165) is 83.1 Å². The Morgan fingerprint density at radius 1 is 0.509 bits per heavy atom. The summed E-state index contributed by atoms with van der Waals surface area (Å²) < 4.78 is 21.5. The van der Waals surface area contributed by atoms with E-state index < -0.39 is 0 Å². The maximum atomic E-state index is 9.77. The molecule has 0 amide bonds. The van der Waals surface area contributed by atoms with Gasteiger partial charge in [-0.25, -0.2) is 9.97 Å². The van der Waals surface area contributed by atoms with Crippen molar-refractivity contribution in [1.82, 2.24) is 9.97 Å². The Morgan fingerprint density at radius 2 is 1.06 bits per heavy atom. The Bertz CT molecular complexity index is 2900. The summed E-state index contributed by atoms with van der Waals surface area (Å²) in [5, 5.41) is 13.5. The second-order valence-corrected chi connectivity index (χ2v) is 12.9. The van der Waals surface area contributed by atoms with Gasteiger partial charge in [-0.3, -0.25) is 0 Å². The lowest BCUT2D eigenvalue weighted by molar-refractivity contribution is 0.619. The van der Waals surface area contributed by atoms with E-state index in [1.54, 1.807) is 0 Å². The molecule has 0 aliphatic heterocycles. The fourth-order valence-corrected chi connectivity index (χ4v) is 7.00. The minimum atomic E-state index is 0.413. The first-order valence-corrected chi connectivity index (χ1v) is 17.3. The molecule has 8 aromatic carbocycles. The average molecular weight is 682 g/mol. The molecule has 0 saturated heterocycles. The van der Waals surface area contributed by atoms with Gasteiger partial charge >= 0.3 is 0 Å². The molecule has 0 atom stereocenters. The highest BCUT2D eigenvalue weighted by atomic mass is 16.4. The zero-order valence-electron chi connectivity index (χ0n) is 29.2. The van der Waals surface area contributed by atoms with Gasteiger partial charge < -0.3 is 13.7 Å². The Hall–Kier alpha value is -7.49. The van der Waals surface area contributed by atoms with Crippen LogP contribution < -0.4 is 4.90 Å². The molecule has 0 aliphatic rings. The summed E-state index contributed by atoms with van der Waals surface area (Å²) in [6.45, 7) is 0. The van der Waals surface area contributed by atoms with Gasteiger partial charge in [0, 0.05) is 28.2 Å². The van der Waals surface area contributed by atoms with Crippen molar-refractivity contribution in [3.8, 4) is 40.1 Å². The third kappa shape index (κ3) is 5.45. The minimum Gasteiger partial charge on any atom is -0.436 e. The summed E-state index contributed by atoms with van der Waals surface area (Å²) >= 11 is 0. The van der Waals surface area contributed by atoms with Crippen molar-refractivity contribution >= 4 is 60.8 Å². The highest BCUT2D eigenvalue weighted by Gasteiger charge is 2.17.